The Balaban J connectivity index is 1.75. The monoisotopic (exact) mass is 260 g/mol. The van der Waals surface area contributed by atoms with Gasteiger partial charge >= 0.3 is 0 Å². The zero-order valence-electron chi connectivity index (χ0n) is 10.7. The third kappa shape index (κ3) is 4.06. The number of benzene rings is 1. The maximum atomic E-state index is 11.6. The van der Waals surface area contributed by atoms with E-state index in [9.17, 15) is 4.79 Å². The van der Waals surface area contributed by atoms with E-state index < -0.39 is 0 Å². The topological polar surface area (TPSA) is 77.5 Å². The van der Waals surface area contributed by atoms with E-state index in [1.54, 1.807) is 24.3 Å². The molecule has 0 aliphatic carbocycles. The highest BCUT2D eigenvalue weighted by molar-refractivity contribution is 5.77. The van der Waals surface area contributed by atoms with Crippen molar-refractivity contribution in [3.63, 3.8) is 0 Å². The van der Waals surface area contributed by atoms with Gasteiger partial charge in [-0.05, 0) is 31.2 Å². The molecule has 5 heteroatoms. The highest BCUT2D eigenvalue weighted by atomic mass is 16.5. The normalized spacial score (nSPS) is 10.2. The molecule has 0 aliphatic rings. The number of carbonyl (C=O) groups is 1. The fraction of sp³-hybridized carbons (Fsp3) is 0.214. The second kappa shape index (κ2) is 5.95. The third-order valence-electron chi connectivity index (χ3n) is 2.48. The number of amides is 1. The number of nitrogens with two attached hydrogens (primary N) is 1. The Morgan fingerprint density at radius 3 is 2.89 bits per heavy atom. The molecule has 0 spiro atoms. The third-order valence-corrected chi connectivity index (χ3v) is 2.48. The lowest BCUT2D eigenvalue weighted by molar-refractivity contribution is -0.123. The van der Waals surface area contributed by atoms with Crippen LogP contribution in [0, 0.1) is 6.92 Å². The Hall–Kier alpha value is -2.43. The molecule has 1 heterocycles. The van der Waals surface area contributed by atoms with Gasteiger partial charge in [0.05, 0.1) is 6.54 Å². The molecule has 5 nitrogen and oxygen atoms in total. The molecule has 0 saturated heterocycles. The van der Waals surface area contributed by atoms with Gasteiger partial charge in [-0.2, -0.15) is 0 Å². The van der Waals surface area contributed by atoms with Crippen molar-refractivity contribution in [1.29, 1.82) is 0 Å². The van der Waals surface area contributed by atoms with Crippen LogP contribution in [0.15, 0.2) is 40.8 Å². The van der Waals surface area contributed by atoms with E-state index >= 15 is 0 Å². The minimum atomic E-state index is -0.212. The van der Waals surface area contributed by atoms with Crippen LogP contribution >= 0.6 is 0 Å². The van der Waals surface area contributed by atoms with Gasteiger partial charge in [-0.15, -0.1) is 0 Å². The van der Waals surface area contributed by atoms with Gasteiger partial charge in [0.1, 0.15) is 17.3 Å². The summed E-state index contributed by atoms with van der Waals surface area (Å²) in [6.07, 6.45) is 0. The molecule has 100 valence electrons. The SMILES string of the molecule is Cc1ccc(CNC(=O)COc2cccc(N)c2)o1. The lowest BCUT2D eigenvalue weighted by Crippen LogP contribution is -2.28. The van der Waals surface area contributed by atoms with Crippen LogP contribution in [-0.2, 0) is 11.3 Å². The summed E-state index contributed by atoms with van der Waals surface area (Å²) < 4.78 is 10.7. The predicted molar refractivity (Wildman–Crippen MR) is 71.6 cm³/mol. The second-order valence-electron chi connectivity index (χ2n) is 4.15. The number of hydrogen-bond acceptors (Lipinski definition) is 4. The predicted octanol–water partition coefficient (Wildman–Crippen LogP) is 1.87. The highest BCUT2D eigenvalue weighted by Crippen LogP contribution is 2.14. The number of carbonyl (C=O) groups excluding carboxylic acids is 1. The molecule has 19 heavy (non-hydrogen) atoms. The summed E-state index contributed by atoms with van der Waals surface area (Å²) >= 11 is 0. The van der Waals surface area contributed by atoms with Crippen molar-refractivity contribution >= 4 is 11.6 Å². The van der Waals surface area contributed by atoms with Gasteiger partial charge in [0.25, 0.3) is 5.91 Å². The lowest BCUT2D eigenvalue weighted by atomic mass is 10.3. The Bertz CT molecular complexity index is 563. The average Bonchev–Trinajstić information content (AvgIpc) is 2.80. The van der Waals surface area contributed by atoms with Crippen molar-refractivity contribution in [2.24, 2.45) is 0 Å². The maximum Gasteiger partial charge on any atom is 0.258 e. The van der Waals surface area contributed by atoms with E-state index in [2.05, 4.69) is 5.32 Å². The van der Waals surface area contributed by atoms with Crippen LogP contribution in [0.25, 0.3) is 0 Å². The number of hydrogen-bond donors (Lipinski definition) is 2. The smallest absolute Gasteiger partial charge is 0.258 e. The number of nitrogens with one attached hydrogen (secondary N) is 1. The fourth-order valence-corrected chi connectivity index (χ4v) is 1.57. The van der Waals surface area contributed by atoms with Crippen molar-refractivity contribution in [2.45, 2.75) is 13.5 Å². The Morgan fingerprint density at radius 2 is 2.21 bits per heavy atom. The summed E-state index contributed by atoms with van der Waals surface area (Å²) in [5, 5.41) is 2.71. The molecule has 0 atom stereocenters. The van der Waals surface area contributed by atoms with Crippen LogP contribution < -0.4 is 15.8 Å². The minimum absolute atomic E-state index is 0.0524. The maximum absolute atomic E-state index is 11.6. The lowest BCUT2D eigenvalue weighted by Gasteiger charge is -2.07. The standard InChI is InChI=1S/C14H16N2O3/c1-10-5-6-13(19-10)8-16-14(17)9-18-12-4-2-3-11(15)7-12/h2-7H,8-9,15H2,1H3,(H,16,17). The largest absolute Gasteiger partial charge is 0.484 e. The Morgan fingerprint density at radius 1 is 1.37 bits per heavy atom. The quantitative estimate of drug-likeness (QED) is 0.804. The van der Waals surface area contributed by atoms with E-state index in [-0.39, 0.29) is 12.5 Å². The summed E-state index contributed by atoms with van der Waals surface area (Å²) in [6.45, 7) is 2.16. The molecule has 0 aliphatic heterocycles. The van der Waals surface area contributed by atoms with Crippen LogP contribution in [0.4, 0.5) is 5.69 Å². The second-order valence-corrected chi connectivity index (χ2v) is 4.15. The first kappa shape index (κ1) is 13.0. The van der Waals surface area contributed by atoms with Gasteiger partial charge in [0, 0.05) is 11.8 Å². The zero-order chi connectivity index (χ0) is 13.7. The van der Waals surface area contributed by atoms with Crippen LogP contribution in [-0.4, -0.2) is 12.5 Å². The fourth-order valence-electron chi connectivity index (χ4n) is 1.57. The number of ether oxygens (including phenoxy) is 1. The van der Waals surface area contributed by atoms with E-state index in [0.29, 0.717) is 18.0 Å². The zero-order valence-corrected chi connectivity index (χ0v) is 10.7. The number of anilines is 1. The molecule has 0 bridgehead atoms. The molecule has 1 aromatic carbocycles. The van der Waals surface area contributed by atoms with E-state index in [1.807, 2.05) is 19.1 Å². The first-order chi connectivity index (χ1) is 9.13. The van der Waals surface area contributed by atoms with Crippen molar-refractivity contribution in [1.82, 2.24) is 5.32 Å². The first-order valence-corrected chi connectivity index (χ1v) is 5.94. The van der Waals surface area contributed by atoms with Crippen LogP contribution in [0.2, 0.25) is 0 Å². The molecular weight excluding hydrogens is 244 g/mol. The molecule has 2 aromatic rings. The Kier molecular flexibility index (Phi) is 4.07. The van der Waals surface area contributed by atoms with Crippen molar-refractivity contribution in [3.05, 3.63) is 47.9 Å². The van der Waals surface area contributed by atoms with Gasteiger partial charge in [0.15, 0.2) is 6.61 Å². The number of rotatable bonds is 5. The molecule has 0 fully saturated rings. The molecule has 0 saturated carbocycles. The Labute approximate surface area is 111 Å². The van der Waals surface area contributed by atoms with Gasteiger partial charge in [-0.1, -0.05) is 6.07 Å². The number of furan rings is 1. The summed E-state index contributed by atoms with van der Waals surface area (Å²) in [5.74, 6) is 1.90. The van der Waals surface area contributed by atoms with Gasteiger partial charge in [0.2, 0.25) is 0 Å². The van der Waals surface area contributed by atoms with Crippen molar-refractivity contribution in [3.8, 4) is 5.75 Å². The highest BCUT2D eigenvalue weighted by Gasteiger charge is 2.04. The summed E-state index contributed by atoms with van der Waals surface area (Å²) in [6, 6.07) is 10.6. The van der Waals surface area contributed by atoms with Gasteiger partial charge in [-0.25, -0.2) is 0 Å². The molecule has 1 amide bonds. The molecule has 0 radical (unpaired) electrons. The van der Waals surface area contributed by atoms with E-state index in [0.717, 1.165) is 11.5 Å². The number of nitrogen functional groups attached to an aromatic ring is 1. The van der Waals surface area contributed by atoms with E-state index in [1.165, 1.54) is 0 Å². The van der Waals surface area contributed by atoms with E-state index in [4.69, 9.17) is 14.9 Å². The van der Waals surface area contributed by atoms with Crippen molar-refractivity contribution < 1.29 is 13.9 Å². The molecular formula is C14H16N2O3. The molecule has 2 rings (SSSR count). The summed E-state index contributed by atoms with van der Waals surface area (Å²) in [5.41, 5.74) is 6.21. The van der Waals surface area contributed by atoms with Crippen LogP contribution in [0.5, 0.6) is 5.75 Å². The minimum Gasteiger partial charge on any atom is -0.484 e. The summed E-state index contributed by atoms with van der Waals surface area (Å²) in [7, 11) is 0. The molecule has 0 unspecified atom stereocenters. The van der Waals surface area contributed by atoms with Crippen LogP contribution in [0.3, 0.4) is 0 Å². The van der Waals surface area contributed by atoms with Gasteiger partial charge in [-0.3, -0.25) is 4.79 Å². The molecule has 1 aromatic heterocycles. The van der Waals surface area contributed by atoms with Crippen LogP contribution in [0.1, 0.15) is 11.5 Å². The summed E-state index contributed by atoms with van der Waals surface area (Å²) in [4.78, 5) is 11.6. The van der Waals surface area contributed by atoms with Crippen molar-refractivity contribution in [2.75, 3.05) is 12.3 Å². The first-order valence-electron chi connectivity index (χ1n) is 5.94. The average molecular weight is 260 g/mol. The molecule has 3 N–H and O–H groups in total. The number of aryl methyl sites for hydroxylation is 1. The van der Waals surface area contributed by atoms with Gasteiger partial charge < -0.3 is 20.2 Å².